The summed E-state index contributed by atoms with van der Waals surface area (Å²) in [5.74, 6) is -3.89. The Bertz CT molecular complexity index is 3390. The monoisotopic (exact) mass is 1190 g/mol. The highest BCUT2D eigenvalue weighted by Gasteiger charge is 2.44. The number of amides is 5. The number of piperazine rings is 1. The first-order valence-corrected chi connectivity index (χ1v) is 29.6. The van der Waals surface area contributed by atoms with Gasteiger partial charge >= 0.3 is 6.18 Å². The van der Waals surface area contributed by atoms with Gasteiger partial charge in [0.15, 0.2) is 0 Å². The number of thiazole rings is 1. The molecule has 3 aromatic carbocycles. The van der Waals surface area contributed by atoms with Crippen molar-refractivity contribution in [2.24, 2.45) is 5.92 Å². The number of alkyl halides is 3. The van der Waals surface area contributed by atoms with E-state index in [1.807, 2.05) is 70.8 Å². The molecule has 18 nitrogen and oxygen atoms in total. The van der Waals surface area contributed by atoms with Crippen molar-refractivity contribution in [2.45, 2.75) is 135 Å². The number of carbonyl (C=O) groups is 5. The van der Waals surface area contributed by atoms with E-state index in [2.05, 4.69) is 41.3 Å². The Morgan fingerprint density at radius 1 is 0.847 bits per heavy atom. The molecule has 0 spiro atoms. The van der Waals surface area contributed by atoms with Crippen molar-refractivity contribution in [1.29, 1.82) is 0 Å². The fraction of sp³-hybridized carbons (Fsp3) is 0.452. The normalized spacial score (nSPS) is 18.1. The second-order valence-electron chi connectivity index (χ2n) is 22.6. The lowest BCUT2D eigenvalue weighted by atomic mass is 9.91. The zero-order valence-corrected chi connectivity index (χ0v) is 49.6. The molecule has 0 saturated carbocycles. The zero-order chi connectivity index (χ0) is 61.3. The van der Waals surface area contributed by atoms with Gasteiger partial charge in [0, 0.05) is 80.7 Å². The van der Waals surface area contributed by atoms with E-state index in [0.717, 1.165) is 47.9 Å². The van der Waals surface area contributed by atoms with E-state index in [0.29, 0.717) is 74.0 Å². The van der Waals surface area contributed by atoms with Crippen LogP contribution in [0.25, 0.3) is 21.6 Å². The van der Waals surface area contributed by atoms with E-state index in [4.69, 9.17) is 4.52 Å². The van der Waals surface area contributed by atoms with Gasteiger partial charge < -0.3 is 45.7 Å². The fourth-order valence-corrected chi connectivity index (χ4v) is 11.9. The molecule has 6 aromatic rings. The third-order valence-corrected chi connectivity index (χ3v) is 16.9. The van der Waals surface area contributed by atoms with E-state index >= 15 is 4.39 Å². The molecule has 0 aliphatic carbocycles. The van der Waals surface area contributed by atoms with Gasteiger partial charge in [-0.25, -0.2) is 9.37 Å². The number of anilines is 2. The molecule has 0 radical (unpaired) electrons. The number of aliphatic hydroxyl groups excluding tert-OH is 1. The highest BCUT2D eigenvalue weighted by Crippen LogP contribution is 2.38. The Morgan fingerprint density at radius 3 is 2.15 bits per heavy atom. The van der Waals surface area contributed by atoms with Crippen LogP contribution in [-0.4, -0.2) is 124 Å². The number of likely N-dealkylation sites (tertiary alicyclic amines) is 1. The summed E-state index contributed by atoms with van der Waals surface area (Å²) >= 11 is 1.51. The summed E-state index contributed by atoms with van der Waals surface area (Å²) in [5.41, 5.74) is 2.75. The number of nitrogens with zero attached hydrogens (tertiary/aromatic N) is 5. The first kappa shape index (κ1) is 63.3. The van der Waals surface area contributed by atoms with Crippen LogP contribution >= 0.6 is 11.3 Å². The number of halogens is 4. The number of pyridine rings is 1. The molecule has 3 aromatic heterocycles. The zero-order valence-electron chi connectivity index (χ0n) is 48.8. The second kappa shape index (κ2) is 28.0. The summed E-state index contributed by atoms with van der Waals surface area (Å²) in [6, 6.07) is 16.7. The minimum atomic E-state index is -5.00. The first-order valence-electron chi connectivity index (χ1n) is 28.8. The molecular weight excluding hydrogens is 1120 g/mol. The Kier molecular flexibility index (Phi) is 20.8. The van der Waals surface area contributed by atoms with E-state index < -0.39 is 70.5 Å². The van der Waals surface area contributed by atoms with Crippen LogP contribution in [0.5, 0.6) is 0 Å². The van der Waals surface area contributed by atoms with Gasteiger partial charge in [-0.15, -0.1) is 11.3 Å². The van der Waals surface area contributed by atoms with Crippen LogP contribution in [0.2, 0.25) is 0 Å². The molecule has 2 unspecified atom stereocenters. The van der Waals surface area contributed by atoms with Crippen LogP contribution in [0.15, 0.2) is 93.8 Å². The number of aromatic nitrogens is 3. The number of aryl methyl sites for hydroxylation is 2. The van der Waals surface area contributed by atoms with Crippen LogP contribution < -0.4 is 31.7 Å². The number of likely N-dealkylation sites (N-methyl/N-ethyl adjacent to an activating group) is 1. The van der Waals surface area contributed by atoms with Gasteiger partial charge in [0.05, 0.1) is 62.8 Å². The van der Waals surface area contributed by atoms with Gasteiger partial charge in [-0.3, -0.25) is 33.7 Å². The van der Waals surface area contributed by atoms with Crippen LogP contribution in [0.3, 0.4) is 0 Å². The molecular formula is C62H74F4N10O8S. The van der Waals surface area contributed by atoms with Gasteiger partial charge in [-0.1, -0.05) is 75.0 Å². The van der Waals surface area contributed by atoms with Gasteiger partial charge in [0.25, 0.3) is 11.8 Å². The number of benzene rings is 3. The molecule has 8 rings (SSSR count). The average molecular weight is 1200 g/mol. The lowest BCUT2D eigenvalue weighted by Crippen LogP contribution is -2.55. The number of aromatic amines is 1. The van der Waals surface area contributed by atoms with Crippen LogP contribution in [0.1, 0.15) is 140 Å². The summed E-state index contributed by atoms with van der Waals surface area (Å²) in [6.45, 7) is 13.3. The molecule has 5 heterocycles. The van der Waals surface area contributed by atoms with Gasteiger partial charge in [0.1, 0.15) is 23.5 Å². The number of hydrogen-bond acceptors (Lipinski definition) is 13. The van der Waals surface area contributed by atoms with Crippen molar-refractivity contribution < 1.29 is 51.2 Å². The topological polar surface area (TPSA) is 235 Å². The number of unbranched alkanes of at least 4 members (excludes halogenated alkanes) is 5. The minimum absolute atomic E-state index is 0.0293. The van der Waals surface area contributed by atoms with Gasteiger partial charge in [-0.05, 0) is 101 Å². The fourth-order valence-electron chi connectivity index (χ4n) is 11.1. The second-order valence-corrected chi connectivity index (χ2v) is 23.5. The Balaban J connectivity index is 0.825. The molecule has 6 atom stereocenters. The standard InChI is InChI=1S/C62H74F4N10O8S/c1-35(2)56(53-24-36(3)73-84-53)61(83)76-33-44(77)27-52(76)60(82)71-49(40-14-16-41(17-15-40)57-39(6)70-34-85-57)29-55(79)67-22-12-10-8-9-11-13-23-68-58(80)43-18-20-48(63)45(25-43)42-19-21-51(75-31-37(4)74(7)38(5)32-75)50(26-42)72-59(81)46-30-69-54(78)28-47(46)62(64,65)66/h14-21,24-26,28,30,34-35,37-38,44,49,52,56,77H,8-13,22-23,27,29,31-33H2,1-7H3,(H,67,79)(H,68,80)(H,69,78)(H,71,82)(H,72,81)/t37-,38+,44-,49?,52+,56?/m1/s1. The predicted octanol–water partition coefficient (Wildman–Crippen LogP) is 9.55. The average Bonchev–Trinajstić information content (AvgIpc) is 4.17. The van der Waals surface area contributed by atoms with Crippen LogP contribution in [-0.2, 0) is 20.6 Å². The van der Waals surface area contributed by atoms with Crippen molar-refractivity contribution in [3.8, 4) is 21.6 Å². The van der Waals surface area contributed by atoms with E-state index in [1.54, 1.807) is 30.6 Å². The Morgan fingerprint density at radius 2 is 1.52 bits per heavy atom. The predicted molar refractivity (Wildman–Crippen MR) is 317 cm³/mol. The highest BCUT2D eigenvalue weighted by atomic mass is 32.1. The third kappa shape index (κ3) is 15.8. The van der Waals surface area contributed by atoms with E-state index in [1.165, 1.54) is 34.4 Å². The molecule has 2 aliphatic rings. The molecule has 0 bridgehead atoms. The SMILES string of the molecule is Cc1cc(C(C(=O)N2C[C@H](O)C[C@H]2C(=O)NC(CC(=O)NCCCCCCCCNC(=O)c2ccc(F)c(-c3ccc(N4C[C@@H](C)N(C)[C@@H](C)C4)c(NC(=O)c4c[nH]c(=O)cc4C(F)(F)F)c3)c2)c2ccc(-c3scnc3C)cc2)C(C)C)on1. The number of carbonyl (C=O) groups excluding carboxylic acids is 5. The molecule has 23 heteroatoms. The Labute approximate surface area is 495 Å². The maximum atomic E-state index is 15.7. The summed E-state index contributed by atoms with van der Waals surface area (Å²) in [6.07, 6.45) is -0.538. The van der Waals surface area contributed by atoms with Crippen LogP contribution in [0.4, 0.5) is 28.9 Å². The summed E-state index contributed by atoms with van der Waals surface area (Å²) in [4.78, 5) is 93.9. The van der Waals surface area contributed by atoms with Crippen molar-refractivity contribution in [2.75, 3.05) is 50.0 Å². The number of H-pyrrole nitrogens is 1. The van der Waals surface area contributed by atoms with Crippen molar-refractivity contribution in [1.82, 2.24) is 40.9 Å². The number of hydrogen-bond donors (Lipinski definition) is 6. The van der Waals surface area contributed by atoms with Crippen molar-refractivity contribution in [3.05, 3.63) is 140 Å². The van der Waals surface area contributed by atoms with E-state index in [9.17, 15) is 47.0 Å². The number of β-amino-alcohol motifs (C(OH)–C–C–N with tert-alkyl or cyclic N) is 1. The third-order valence-electron chi connectivity index (χ3n) is 15.9. The minimum Gasteiger partial charge on any atom is -0.391 e. The lowest BCUT2D eigenvalue weighted by molar-refractivity contribution is -0.141. The molecule has 6 N–H and O–H groups in total. The van der Waals surface area contributed by atoms with Gasteiger partial charge in [-0.2, -0.15) is 13.2 Å². The van der Waals surface area contributed by atoms with Gasteiger partial charge in [0.2, 0.25) is 23.3 Å². The van der Waals surface area contributed by atoms with E-state index in [-0.39, 0.29) is 71.6 Å². The lowest BCUT2D eigenvalue weighted by Gasteiger charge is -2.44. The first-order chi connectivity index (χ1) is 40.5. The maximum absolute atomic E-state index is 15.7. The van der Waals surface area contributed by atoms with Crippen molar-refractivity contribution >= 4 is 52.2 Å². The molecule has 2 fully saturated rings. The summed E-state index contributed by atoms with van der Waals surface area (Å²) in [7, 11) is 1.99. The highest BCUT2D eigenvalue weighted by molar-refractivity contribution is 7.13. The number of aliphatic hydroxyl groups is 1. The summed E-state index contributed by atoms with van der Waals surface area (Å²) < 4.78 is 63.3. The smallest absolute Gasteiger partial charge is 0.391 e. The molecule has 2 saturated heterocycles. The summed E-state index contributed by atoms with van der Waals surface area (Å²) in [5, 5.41) is 26.3. The molecule has 5 amide bonds. The molecule has 454 valence electrons. The van der Waals surface area contributed by atoms with Crippen molar-refractivity contribution in [3.63, 3.8) is 0 Å². The maximum Gasteiger partial charge on any atom is 0.417 e. The number of nitrogens with one attached hydrogen (secondary N) is 5. The Hall–Kier alpha value is -7.76. The quantitative estimate of drug-likeness (QED) is 0.0260. The largest absolute Gasteiger partial charge is 0.417 e. The van der Waals surface area contributed by atoms with Crippen LogP contribution in [0, 0.1) is 25.6 Å². The molecule has 85 heavy (non-hydrogen) atoms. The number of rotatable bonds is 23. The molecule has 2 aliphatic heterocycles.